The van der Waals surface area contributed by atoms with Crippen LogP contribution in [0.2, 0.25) is 0 Å². The van der Waals surface area contributed by atoms with Gasteiger partial charge >= 0.3 is 11.9 Å². The van der Waals surface area contributed by atoms with Crippen LogP contribution in [0.4, 0.5) is 0 Å². The zero-order valence-electron chi connectivity index (χ0n) is 16.3. The Morgan fingerprint density at radius 3 is 1.81 bits per heavy atom. The molecule has 2 fully saturated rings. The van der Waals surface area contributed by atoms with Crippen molar-refractivity contribution in [1.29, 1.82) is 10.5 Å². The molecule has 1 spiro atoms. The SMILES string of the molecule is COC(=O)[C@@]1(C#N)C2(SC[C@]1(C#N)C(=O)OC)C(C)(C)CCCC2(C)C. The van der Waals surface area contributed by atoms with E-state index in [0.29, 0.717) is 0 Å². The molecule has 6 nitrogen and oxygen atoms in total. The summed E-state index contributed by atoms with van der Waals surface area (Å²) in [6.07, 6.45) is 2.52. The molecule has 1 saturated heterocycles. The van der Waals surface area contributed by atoms with Crippen molar-refractivity contribution < 1.29 is 19.1 Å². The van der Waals surface area contributed by atoms with Crippen LogP contribution in [0, 0.1) is 44.3 Å². The van der Waals surface area contributed by atoms with Gasteiger partial charge in [0.25, 0.3) is 0 Å². The normalized spacial score (nSPS) is 33.7. The van der Waals surface area contributed by atoms with Crippen LogP contribution in [0.15, 0.2) is 0 Å². The van der Waals surface area contributed by atoms with Gasteiger partial charge in [0, 0.05) is 5.75 Å². The fraction of sp³-hybridized carbons (Fsp3) is 0.789. The van der Waals surface area contributed by atoms with E-state index in [-0.39, 0.29) is 5.75 Å². The van der Waals surface area contributed by atoms with Crippen LogP contribution in [0.25, 0.3) is 0 Å². The minimum Gasteiger partial charge on any atom is -0.468 e. The maximum atomic E-state index is 13.2. The smallest absolute Gasteiger partial charge is 0.330 e. The van der Waals surface area contributed by atoms with Gasteiger partial charge < -0.3 is 9.47 Å². The Balaban J connectivity index is 3.01. The molecule has 1 heterocycles. The van der Waals surface area contributed by atoms with Crippen LogP contribution >= 0.6 is 11.8 Å². The number of hydrogen-bond acceptors (Lipinski definition) is 7. The molecule has 0 radical (unpaired) electrons. The summed E-state index contributed by atoms with van der Waals surface area (Å²) in [4.78, 5) is 26.0. The van der Waals surface area contributed by atoms with Gasteiger partial charge in [0.2, 0.25) is 0 Å². The number of thioether (sulfide) groups is 1. The van der Waals surface area contributed by atoms with E-state index in [9.17, 15) is 20.1 Å². The minimum absolute atomic E-state index is 0.0195. The summed E-state index contributed by atoms with van der Waals surface area (Å²) in [5, 5.41) is 20.4. The molecule has 1 saturated carbocycles. The highest BCUT2D eigenvalue weighted by atomic mass is 32.2. The molecule has 0 aromatic carbocycles. The summed E-state index contributed by atoms with van der Waals surface area (Å²) in [6.45, 7) is 8.06. The second kappa shape index (κ2) is 6.16. The van der Waals surface area contributed by atoms with Crippen LogP contribution in [0.1, 0.15) is 47.0 Å². The lowest BCUT2D eigenvalue weighted by molar-refractivity contribution is -0.176. The van der Waals surface area contributed by atoms with E-state index in [1.807, 2.05) is 33.8 Å². The first-order chi connectivity index (χ1) is 12.0. The average Bonchev–Trinajstić information content (AvgIpc) is 2.92. The Morgan fingerprint density at radius 2 is 1.42 bits per heavy atom. The lowest BCUT2D eigenvalue weighted by Gasteiger charge is -2.62. The Kier molecular flexibility index (Phi) is 4.88. The number of esters is 2. The number of hydrogen-bond donors (Lipinski definition) is 0. The van der Waals surface area contributed by atoms with Gasteiger partial charge in [-0.1, -0.05) is 34.1 Å². The van der Waals surface area contributed by atoms with Crippen molar-refractivity contribution in [2.75, 3.05) is 20.0 Å². The number of methoxy groups -OCH3 is 2. The van der Waals surface area contributed by atoms with E-state index >= 15 is 0 Å². The second-order valence-electron chi connectivity index (χ2n) is 8.45. The van der Waals surface area contributed by atoms with Gasteiger partial charge in [-0.15, -0.1) is 11.8 Å². The standard InChI is InChI=1S/C19H26N2O4S/c1-15(2)8-7-9-16(3,4)19(15)18(11-21,14(23)25-6)17(10-20,12-26-19)13(22)24-5/h7-9,12H2,1-6H3/t17-,18-/m1/s1. The third-order valence-corrected chi connectivity index (χ3v) is 8.99. The molecule has 1 aliphatic carbocycles. The van der Waals surface area contributed by atoms with Crippen molar-refractivity contribution in [2.24, 2.45) is 21.7 Å². The predicted octanol–water partition coefficient (Wildman–Crippen LogP) is 3.07. The molecule has 0 bridgehead atoms. The molecule has 2 rings (SSSR count). The molecule has 0 amide bonds. The Bertz CT molecular complexity index is 702. The second-order valence-corrected chi connectivity index (χ2v) is 9.64. The highest BCUT2D eigenvalue weighted by molar-refractivity contribution is 8.01. The van der Waals surface area contributed by atoms with E-state index in [0.717, 1.165) is 19.3 Å². The Hall–Kier alpha value is -1.73. The number of nitrogens with zero attached hydrogens (tertiary/aromatic N) is 2. The summed E-state index contributed by atoms with van der Waals surface area (Å²) >= 11 is 1.38. The van der Waals surface area contributed by atoms with Gasteiger partial charge in [0.1, 0.15) is 0 Å². The lowest BCUT2D eigenvalue weighted by Crippen LogP contribution is -2.70. The first-order valence-electron chi connectivity index (χ1n) is 8.63. The van der Waals surface area contributed by atoms with Crippen molar-refractivity contribution in [3.63, 3.8) is 0 Å². The van der Waals surface area contributed by atoms with Crippen molar-refractivity contribution in [3.05, 3.63) is 0 Å². The van der Waals surface area contributed by atoms with E-state index in [4.69, 9.17) is 9.47 Å². The van der Waals surface area contributed by atoms with Gasteiger partial charge in [0.05, 0.1) is 31.1 Å². The molecular weight excluding hydrogens is 352 g/mol. The molecule has 0 aromatic heterocycles. The quantitative estimate of drug-likeness (QED) is 0.681. The summed E-state index contributed by atoms with van der Waals surface area (Å²) in [6, 6.07) is 4.15. The van der Waals surface area contributed by atoms with Crippen LogP contribution in [0.3, 0.4) is 0 Å². The summed E-state index contributed by atoms with van der Waals surface area (Å²) in [7, 11) is 2.37. The highest BCUT2D eigenvalue weighted by Gasteiger charge is 2.84. The molecule has 0 N–H and O–H groups in total. The number of nitriles is 2. The van der Waals surface area contributed by atoms with Crippen molar-refractivity contribution in [3.8, 4) is 12.1 Å². The van der Waals surface area contributed by atoms with E-state index < -0.39 is 38.3 Å². The van der Waals surface area contributed by atoms with Crippen LogP contribution in [-0.2, 0) is 19.1 Å². The first kappa shape index (κ1) is 20.6. The zero-order valence-corrected chi connectivity index (χ0v) is 17.1. The molecule has 7 heteroatoms. The van der Waals surface area contributed by atoms with Gasteiger partial charge in [-0.2, -0.15) is 10.5 Å². The topological polar surface area (TPSA) is 100 Å². The highest BCUT2D eigenvalue weighted by Crippen LogP contribution is 2.76. The first-order valence-corrected chi connectivity index (χ1v) is 9.62. The van der Waals surface area contributed by atoms with Crippen LogP contribution in [-0.4, -0.2) is 36.7 Å². The van der Waals surface area contributed by atoms with E-state index in [1.54, 1.807) is 0 Å². The molecule has 26 heavy (non-hydrogen) atoms. The summed E-state index contributed by atoms with van der Waals surface area (Å²) < 4.78 is 9.00. The molecule has 142 valence electrons. The minimum atomic E-state index is -1.96. The monoisotopic (exact) mass is 378 g/mol. The third-order valence-electron chi connectivity index (χ3n) is 6.57. The van der Waals surface area contributed by atoms with Gasteiger partial charge in [0.15, 0.2) is 10.8 Å². The molecule has 0 aromatic rings. The molecule has 2 aliphatic rings. The maximum Gasteiger partial charge on any atom is 0.330 e. The summed E-state index contributed by atoms with van der Waals surface area (Å²) in [5.74, 6) is -1.67. The molecular formula is C19H26N2O4S. The maximum absolute atomic E-state index is 13.2. The number of ether oxygens (including phenoxy) is 2. The van der Waals surface area contributed by atoms with Crippen molar-refractivity contribution >= 4 is 23.7 Å². The van der Waals surface area contributed by atoms with Gasteiger partial charge in [-0.3, -0.25) is 9.59 Å². The number of carbonyl (C=O) groups excluding carboxylic acids is 2. The Labute approximate surface area is 159 Å². The van der Waals surface area contributed by atoms with Crippen molar-refractivity contribution in [1.82, 2.24) is 0 Å². The zero-order chi connectivity index (χ0) is 20.0. The molecule has 2 atom stereocenters. The van der Waals surface area contributed by atoms with E-state index in [2.05, 4.69) is 6.07 Å². The fourth-order valence-electron chi connectivity index (χ4n) is 5.62. The summed E-state index contributed by atoms with van der Waals surface area (Å²) in [5.41, 5.74) is -4.83. The largest absolute Gasteiger partial charge is 0.468 e. The van der Waals surface area contributed by atoms with Crippen LogP contribution < -0.4 is 0 Å². The van der Waals surface area contributed by atoms with Gasteiger partial charge in [-0.25, -0.2) is 0 Å². The van der Waals surface area contributed by atoms with Crippen molar-refractivity contribution in [2.45, 2.75) is 51.7 Å². The predicted molar refractivity (Wildman–Crippen MR) is 96.7 cm³/mol. The number of rotatable bonds is 2. The lowest BCUT2D eigenvalue weighted by atomic mass is 9.43. The van der Waals surface area contributed by atoms with E-state index in [1.165, 1.54) is 26.0 Å². The van der Waals surface area contributed by atoms with Crippen LogP contribution in [0.5, 0.6) is 0 Å². The fourth-order valence-corrected chi connectivity index (χ4v) is 7.96. The molecule has 1 aliphatic heterocycles. The molecule has 0 unspecified atom stereocenters. The third kappa shape index (κ3) is 1.98. The Morgan fingerprint density at radius 1 is 0.923 bits per heavy atom. The number of carbonyl (C=O) groups is 2. The average molecular weight is 378 g/mol. The van der Waals surface area contributed by atoms with Gasteiger partial charge in [-0.05, 0) is 23.7 Å².